The van der Waals surface area contributed by atoms with Gasteiger partial charge in [-0.1, -0.05) is 12.1 Å². The number of carbonyl (C=O) groups excluding carboxylic acids is 1. The fraction of sp³-hybridized carbons (Fsp3) is 0.444. The highest BCUT2D eigenvalue weighted by molar-refractivity contribution is 7.09. The van der Waals surface area contributed by atoms with Crippen LogP contribution in [0.2, 0.25) is 0 Å². The van der Waals surface area contributed by atoms with Crippen molar-refractivity contribution < 1.29 is 23.1 Å². The second-order valence-corrected chi connectivity index (χ2v) is 7.50. The zero-order valence-corrected chi connectivity index (χ0v) is 16.4. The summed E-state index contributed by atoms with van der Waals surface area (Å²) in [4.78, 5) is 19.2. The molecule has 1 aromatic heterocycles. The number of anilines is 1. The van der Waals surface area contributed by atoms with Crippen molar-refractivity contribution in [1.29, 1.82) is 0 Å². The summed E-state index contributed by atoms with van der Waals surface area (Å²) < 4.78 is 40.5. The lowest BCUT2D eigenvalue weighted by atomic mass is 9.98. The maximum absolute atomic E-state index is 13.5. The van der Waals surface area contributed by atoms with Gasteiger partial charge in [-0.2, -0.15) is 13.2 Å². The van der Waals surface area contributed by atoms with Crippen LogP contribution in [0, 0.1) is 6.92 Å². The molecule has 27 heavy (non-hydrogen) atoms. The van der Waals surface area contributed by atoms with Crippen molar-refractivity contribution in [2.24, 2.45) is 0 Å². The van der Waals surface area contributed by atoms with Gasteiger partial charge in [-0.15, -0.1) is 11.3 Å². The van der Waals surface area contributed by atoms with Crippen molar-refractivity contribution >= 4 is 22.9 Å². The minimum absolute atomic E-state index is 0.136. The van der Waals surface area contributed by atoms with Crippen LogP contribution < -0.4 is 4.90 Å². The number of aromatic nitrogens is 1. The second-order valence-electron chi connectivity index (χ2n) is 6.64. The molecule has 1 atom stereocenters. The molecule has 9 heteroatoms. The van der Waals surface area contributed by atoms with Crippen LogP contribution in [0.5, 0.6) is 0 Å². The van der Waals surface area contributed by atoms with E-state index in [2.05, 4.69) is 4.98 Å². The number of alkyl halides is 3. The number of nitrogens with zero attached hydrogens (tertiary/aromatic N) is 3. The predicted octanol–water partition coefficient (Wildman–Crippen LogP) is 3.32. The van der Waals surface area contributed by atoms with Crippen LogP contribution in [-0.2, 0) is 16.9 Å². The Kier molecular flexibility index (Phi) is 6.16. The largest absolute Gasteiger partial charge is 0.424 e. The summed E-state index contributed by atoms with van der Waals surface area (Å²) in [6.45, 7) is 1.67. The lowest BCUT2D eigenvalue weighted by Crippen LogP contribution is -2.46. The Morgan fingerprint density at radius 3 is 2.22 bits per heavy atom. The van der Waals surface area contributed by atoms with Crippen LogP contribution in [0.1, 0.15) is 22.7 Å². The number of rotatable bonds is 6. The van der Waals surface area contributed by atoms with Gasteiger partial charge in [-0.25, -0.2) is 4.98 Å². The smallest absolute Gasteiger partial charge is 0.378 e. The standard InChI is InChI=1S/C18H22F3N3O2S/c1-12-11-27-16(22-12)17(26,18(19,20)21)9-15(25)24(4)10-13-5-7-14(8-6-13)23(2)3/h5-8,11,26H,9-10H2,1-4H3. The molecule has 0 aliphatic heterocycles. The van der Waals surface area contributed by atoms with Gasteiger partial charge in [-0.05, 0) is 24.6 Å². The van der Waals surface area contributed by atoms with Crippen LogP contribution in [0.3, 0.4) is 0 Å². The summed E-state index contributed by atoms with van der Waals surface area (Å²) in [5.41, 5.74) is -1.19. The van der Waals surface area contributed by atoms with E-state index in [0.29, 0.717) is 17.0 Å². The lowest BCUT2D eigenvalue weighted by molar-refractivity contribution is -0.268. The van der Waals surface area contributed by atoms with Gasteiger partial charge in [0.2, 0.25) is 11.5 Å². The highest BCUT2D eigenvalue weighted by atomic mass is 32.1. The number of thiazole rings is 1. The van der Waals surface area contributed by atoms with Gasteiger partial charge >= 0.3 is 6.18 Å². The van der Waals surface area contributed by atoms with Crippen LogP contribution >= 0.6 is 11.3 Å². The van der Waals surface area contributed by atoms with Crippen LogP contribution in [0.15, 0.2) is 29.6 Å². The zero-order valence-electron chi connectivity index (χ0n) is 15.5. The monoisotopic (exact) mass is 401 g/mol. The quantitative estimate of drug-likeness (QED) is 0.807. The van der Waals surface area contributed by atoms with Gasteiger partial charge in [-0.3, -0.25) is 4.79 Å². The van der Waals surface area contributed by atoms with Gasteiger partial charge < -0.3 is 14.9 Å². The maximum atomic E-state index is 13.5. The van der Waals surface area contributed by atoms with Crippen molar-refractivity contribution in [2.75, 3.05) is 26.0 Å². The average molecular weight is 401 g/mol. The third kappa shape index (κ3) is 4.78. The first kappa shape index (κ1) is 21.2. The number of carbonyl (C=O) groups is 1. The van der Waals surface area contributed by atoms with E-state index >= 15 is 0 Å². The summed E-state index contributed by atoms with van der Waals surface area (Å²) in [6.07, 6.45) is -6.13. The second kappa shape index (κ2) is 7.85. The summed E-state index contributed by atoms with van der Waals surface area (Å²) in [6, 6.07) is 7.33. The molecule has 0 saturated carbocycles. The maximum Gasteiger partial charge on any atom is 0.424 e. The van der Waals surface area contributed by atoms with Crippen LogP contribution in [0.4, 0.5) is 18.9 Å². The zero-order chi connectivity index (χ0) is 20.4. The minimum Gasteiger partial charge on any atom is -0.378 e. The molecular weight excluding hydrogens is 379 g/mol. The summed E-state index contributed by atoms with van der Waals surface area (Å²) in [5, 5.41) is 11.2. The molecule has 5 nitrogen and oxygen atoms in total. The van der Waals surface area contributed by atoms with Gasteiger partial charge in [0.1, 0.15) is 5.01 Å². The normalized spacial score (nSPS) is 13.9. The molecule has 0 spiro atoms. The molecule has 1 heterocycles. The molecular formula is C18H22F3N3O2S. The molecule has 1 unspecified atom stereocenters. The minimum atomic E-state index is -5.01. The molecule has 2 rings (SSSR count). The lowest BCUT2D eigenvalue weighted by Gasteiger charge is -2.30. The molecule has 0 aliphatic carbocycles. The third-order valence-corrected chi connectivity index (χ3v) is 5.26. The molecule has 1 aromatic carbocycles. The molecule has 1 amide bonds. The summed E-state index contributed by atoms with van der Waals surface area (Å²) in [5.74, 6) is -0.820. The van der Waals surface area contributed by atoms with Gasteiger partial charge in [0.25, 0.3) is 0 Å². The molecule has 0 bridgehead atoms. The van der Waals surface area contributed by atoms with E-state index in [1.54, 1.807) is 12.1 Å². The van der Waals surface area contributed by atoms with E-state index in [4.69, 9.17) is 0 Å². The van der Waals surface area contributed by atoms with E-state index in [-0.39, 0.29) is 6.54 Å². The van der Waals surface area contributed by atoms with E-state index in [1.165, 1.54) is 24.3 Å². The Hall–Kier alpha value is -2.13. The van der Waals surface area contributed by atoms with Gasteiger partial charge in [0.15, 0.2) is 0 Å². The Labute approximate surface area is 160 Å². The Bertz CT molecular complexity index is 790. The number of halogens is 3. The van der Waals surface area contributed by atoms with Crippen molar-refractivity contribution in [2.45, 2.75) is 31.7 Å². The van der Waals surface area contributed by atoms with Crippen molar-refractivity contribution in [3.63, 3.8) is 0 Å². The molecule has 0 radical (unpaired) electrons. The Morgan fingerprint density at radius 1 is 1.19 bits per heavy atom. The number of aryl methyl sites for hydroxylation is 1. The fourth-order valence-corrected chi connectivity index (χ4v) is 3.37. The summed E-state index contributed by atoms with van der Waals surface area (Å²) in [7, 11) is 5.19. The van der Waals surface area contributed by atoms with Gasteiger partial charge in [0, 0.05) is 44.4 Å². The molecule has 1 N–H and O–H groups in total. The molecule has 2 aromatic rings. The number of hydrogen-bond acceptors (Lipinski definition) is 5. The van der Waals surface area contributed by atoms with E-state index in [0.717, 1.165) is 11.3 Å². The van der Waals surface area contributed by atoms with Crippen LogP contribution in [-0.4, -0.2) is 48.2 Å². The molecule has 0 aliphatic rings. The number of amides is 1. The highest BCUT2D eigenvalue weighted by Gasteiger charge is 2.58. The molecule has 0 fully saturated rings. The highest BCUT2D eigenvalue weighted by Crippen LogP contribution is 2.43. The van der Waals surface area contributed by atoms with E-state index in [1.807, 2.05) is 31.1 Å². The van der Waals surface area contributed by atoms with Crippen LogP contribution in [0.25, 0.3) is 0 Å². The summed E-state index contributed by atoms with van der Waals surface area (Å²) >= 11 is 0.689. The fourth-order valence-electron chi connectivity index (χ4n) is 2.46. The Balaban J connectivity index is 2.15. The third-order valence-electron chi connectivity index (χ3n) is 4.15. The van der Waals surface area contributed by atoms with Gasteiger partial charge in [0.05, 0.1) is 6.42 Å². The topological polar surface area (TPSA) is 56.7 Å². The first-order chi connectivity index (χ1) is 12.4. The predicted molar refractivity (Wildman–Crippen MR) is 98.7 cm³/mol. The first-order valence-electron chi connectivity index (χ1n) is 8.16. The SMILES string of the molecule is Cc1csc(C(O)(CC(=O)N(C)Cc2ccc(N(C)C)cc2)C(F)(F)F)n1. The molecule has 148 valence electrons. The number of benzene rings is 1. The first-order valence-corrected chi connectivity index (χ1v) is 9.04. The number of aliphatic hydroxyl groups is 1. The molecule has 0 saturated heterocycles. The van der Waals surface area contributed by atoms with Crippen molar-refractivity contribution in [3.05, 3.63) is 45.9 Å². The van der Waals surface area contributed by atoms with Crippen molar-refractivity contribution in [1.82, 2.24) is 9.88 Å². The van der Waals surface area contributed by atoms with E-state index in [9.17, 15) is 23.1 Å². The van der Waals surface area contributed by atoms with E-state index < -0.39 is 29.1 Å². The Morgan fingerprint density at radius 2 is 1.78 bits per heavy atom. The number of hydrogen-bond donors (Lipinski definition) is 1. The van der Waals surface area contributed by atoms with Crippen molar-refractivity contribution in [3.8, 4) is 0 Å². The average Bonchev–Trinajstić information content (AvgIpc) is 3.01.